The summed E-state index contributed by atoms with van der Waals surface area (Å²) in [4.78, 5) is 18.3. The van der Waals surface area contributed by atoms with Crippen LogP contribution in [0.5, 0.6) is 5.75 Å². The lowest BCUT2D eigenvalue weighted by atomic mass is 10.2. The molecule has 4 nitrogen and oxygen atoms in total. The molecule has 0 aromatic heterocycles. The minimum atomic E-state index is -4.44. The van der Waals surface area contributed by atoms with Gasteiger partial charge in [-0.25, -0.2) is 4.99 Å². The summed E-state index contributed by atoms with van der Waals surface area (Å²) >= 11 is 4.67. The third kappa shape index (κ3) is 5.51. The second-order valence-corrected chi connectivity index (χ2v) is 7.91. The van der Waals surface area contributed by atoms with Crippen LogP contribution in [0.25, 0.3) is 0 Å². The molecule has 0 N–H and O–H groups in total. The number of thioether (sulfide) groups is 1. The molecule has 1 aliphatic rings. The first-order chi connectivity index (χ1) is 13.3. The second kappa shape index (κ2) is 9.00. The van der Waals surface area contributed by atoms with Crippen LogP contribution < -0.4 is 4.74 Å². The van der Waals surface area contributed by atoms with Crippen molar-refractivity contribution in [3.63, 3.8) is 0 Å². The van der Waals surface area contributed by atoms with Crippen molar-refractivity contribution in [1.29, 1.82) is 0 Å². The summed E-state index contributed by atoms with van der Waals surface area (Å²) < 4.78 is 45.1. The SMILES string of the molecule is O=C(COc1ccc(Br)cc1)N1CCCSC1=Nc1cccc(C(F)(F)F)c1. The molecule has 0 bridgehead atoms. The molecule has 0 spiro atoms. The normalized spacial score (nSPS) is 16.3. The van der Waals surface area contributed by atoms with E-state index >= 15 is 0 Å². The topological polar surface area (TPSA) is 41.9 Å². The van der Waals surface area contributed by atoms with Crippen LogP contribution in [-0.2, 0) is 11.0 Å². The molecule has 2 aromatic rings. The van der Waals surface area contributed by atoms with Crippen LogP contribution in [0.2, 0.25) is 0 Å². The van der Waals surface area contributed by atoms with Crippen LogP contribution in [0.4, 0.5) is 18.9 Å². The van der Waals surface area contributed by atoms with Gasteiger partial charge in [0.2, 0.25) is 0 Å². The summed E-state index contributed by atoms with van der Waals surface area (Å²) in [7, 11) is 0. The van der Waals surface area contributed by atoms with Crippen molar-refractivity contribution in [2.24, 2.45) is 4.99 Å². The van der Waals surface area contributed by atoms with Crippen molar-refractivity contribution in [3.05, 3.63) is 58.6 Å². The predicted octanol–water partition coefficient (Wildman–Crippen LogP) is 5.50. The molecular weight excluding hydrogens is 457 g/mol. The molecule has 0 unspecified atom stereocenters. The number of carbonyl (C=O) groups excluding carboxylic acids is 1. The molecule has 28 heavy (non-hydrogen) atoms. The zero-order valence-corrected chi connectivity index (χ0v) is 17.0. The zero-order valence-electron chi connectivity index (χ0n) is 14.6. The highest BCUT2D eigenvalue weighted by molar-refractivity contribution is 9.10. The van der Waals surface area contributed by atoms with Gasteiger partial charge >= 0.3 is 6.18 Å². The molecule has 0 saturated carbocycles. The van der Waals surface area contributed by atoms with E-state index in [4.69, 9.17) is 4.74 Å². The van der Waals surface area contributed by atoms with E-state index in [-0.39, 0.29) is 18.2 Å². The first-order valence-corrected chi connectivity index (χ1v) is 10.2. The van der Waals surface area contributed by atoms with Crippen LogP contribution in [0.1, 0.15) is 12.0 Å². The van der Waals surface area contributed by atoms with Gasteiger partial charge in [-0.1, -0.05) is 33.8 Å². The number of amides is 1. The third-order valence-corrected chi connectivity index (χ3v) is 5.45. The maximum Gasteiger partial charge on any atom is 0.416 e. The maximum absolute atomic E-state index is 12.9. The number of aliphatic imine (C=N–C) groups is 1. The van der Waals surface area contributed by atoms with Crippen LogP contribution in [0.15, 0.2) is 58.0 Å². The summed E-state index contributed by atoms with van der Waals surface area (Å²) in [6, 6.07) is 11.8. The Balaban J connectivity index is 1.73. The van der Waals surface area contributed by atoms with E-state index in [1.165, 1.54) is 28.8 Å². The smallest absolute Gasteiger partial charge is 0.416 e. The molecule has 1 heterocycles. The van der Waals surface area contributed by atoms with Crippen molar-refractivity contribution in [3.8, 4) is 5.75 Å². The number of nitrogens with zero attached hydrogens (tertiary/aromatic N) is 2. The number of amidine groups is 1. The summed E-state index contributed by atoms with van der Waals surface area (Å²) in [5.41, 5.74) is -0.613. The Morgan fingerprint density at radius 3 is 2.68 bits per heavy atom. The van der Waals surface area contributed by atoms with Gasteiger partial charge in [-0.2, -0.15) is 13.2 Å². The molecule has 1 aliphatic heterocycles. The Bertz CT molecular complexity index is 872. The first-order valence-electron chi connectivity index (χ1n) is 8.40. The van der Waals surface area contributed by atoms with E-state index in [0.717, 1.165) is 28.8 Å². The maximum atomic E-state index is 12.9. The van der Waals surface area contributed by atoms with Gasteiger partial charge in [0.1, 0.15) is 5.75 Å². The lowest BCUT2D eigenvalue weighted by Gasteiger charge is -2.27. The largest absolute Gasteiger partial charge is 0.484 e. The predicted molar refractivity (Wildman–Crippen MR) is 107 cm³/mol. The average molecular weight is 473 g/mol. The van der Waals surface area contributed by atoms with Crippen molar-refractivity contribution in [2.75, 3.05) is 18.9 Å². The molecule has 0 atom stereocenters. The van der Waals surface area contributed by atoms with Gasteiger partial charge in [0.25, 0.3) is 5.91 Å². The molecule has 1 saturated heterocycles. The Hall–Kier alpha value is -2.00. The van der Waals surface area contributed by atoms with E-state index < -0.39 is 11.7 Å². The second-order valence-electron chi connectivity index (χ2n) is 5.93. The van der Waals surface area contributed by atoms with Gasteiger partial charge < -0.3 is 4.74 Å². The summed E-state index contributed by atoms with van der Waals surface area (Å²) in [5.74, 6) is 1.01. The van der Waals surface area contributed by atoms with E-state index in [9.17, 15) is 18.0 Å². The van der Waals surface area contributed by atoms with Gasteiger partial charge in [-0.05, 0) is 48.9 Å². The Morgan fingerprint density at radius 1 is 1.21 bits per heavy atom. The lowest BCUT2D eigenvalue weighted by Crippen LogP contribution is -2.41. The number of halogens is 4. The Morgan fingerprint density at radius 2 is 1.96 bits per heavy atom. The summed E-state index contributed by atoms with van der Waals surface area (Å²) in [6.45, 7) is 0.275. The molecule has 0 aliphatic carbocycles. The fraction of sp³-hybridized carbons (Fsp3) is 0.263. The average Bonchev–Trinajstić information content (AvgIpc) is 2.67. The molecule has 148 valence electrons. The number of benzene rings is 2. The zero-order chi connectivity index (χ0) is 20.1. The molecule has 0 radical (unpaired) electrons. The van der Waals surface area contributed by atoms with Crippen molar-refractivity contribution in [1.82, 2.24) is 4.90 Å². The summed E-state index contributed by atoms with van der Waals surface area (Å²) in [6.07, 6.45) is -3.67. The number of ether oxygens (including phenoxy) is 1. The van der Waals surface area contributed by atoms with E-state index in [1.54, 1.807) is 24.3 Å². The number of alkyl halides is 3. The molecule has 2 aromatic carbocycles. The van der Waals surface area contributed by atoms with Crippen LogP contribution in [-0.4, -0.2) is 34.9 Å². The lowest BCUT2D eigenvalue weighted by molar-refractivity contribution is -0.137. The first kappa shape index (κ1) is 20.7. The third-order valence-electron chi connectivity index (χ3n) is 3.86. The highest BCUT2D eigenvalue weighted by atomic mass is 79.9. The minimum absolute atomic E-state index is 0.158. The standard InChI is InChI=1S/C19H16BrF3N2O2S/c20-14-5-7-16(8-6-14)27-12-17(26)25-9-2-10-28-18(25)24-15-4-1-3-13(11-15)19(21,22)23/h1,3-8,11H,2,9-10,12H2. The van der Waals surface area contributed by atoms with Gasteiger partial charge in [0.15, 0.2) is 11.8 Å². The van der Waals surface area contributed by atoms with Gasteiger partial charge in [-0.3, -0.25) is 9.69 Å². The quantitative estimate of drug-likeness (QED) is 0.589. The van der Waals surface area contributed by atoms with Crippen molar-refractivity contribution >= 4 is 44.5 Å². The Kier molecular flexibility index (Phi) is 6.66. The van der Waals surface area contributed by atoms with Crippen molar-refractivity contribution in [2.45, 2.75) is 12.6 Å². The molecule has 9 heteroatoms. The number of hydrogen-bond acceptors (Lipinski definition) is 4. The highest BCUT2D eigenvalue weighted by Gasteiger charge is 2.30. The fourth-order valence-electron chi connectivity index (χ4n) is 2.50. The number of carbonyl (C=O) groups is 1. The highest BCUT2D eigenvalue weighted by Crippen LogP contribution is 2.32. The van der Waals surface area contributed by atoms with Crippen LogP contribution >= 0.6 is 27.7 Å². The number of hydrogen-bond donors (Lipinski definition) is 0. The van der Waals surface area contributed by atoms with Crippen LogP contribution in [0.3, 0.4) is 0 Å². The number of rotatable bonds is 4. The van der Waals surface area contributed by atoms with Gasteiger partial charge in [0.05, 0.1) is 11.3 Å². The van der Waals surface area contributed by atoms with E-state index in [2.05, 4.69) is 20.9 Å². The van der Waals surface area contributed by atoms with Gasteiger partial charge in [-0.15, -0.1) is 0 Å². The van der Waals surface area contributed by atoms with E-state index in [1.807, 2.05) is 0 Å². The molecule has 3 rings (SSSR count). The van der Waals surface area contributed by atoms with Gasteiger partial charge in [0, 0.05) is 16.8 Å². The fourth-order valence-corrected chi connectivity index (χ4v) is 3.74. The Labute approximate surface area is 172 Å². The minimum Gasteiger partial charge on any atom is -0.484 e. The van der Waals surface area contributed by atoms with E-state index in [0.29, 0.717) is 17.5 Å². The molecule has 1 amide bonds. The van der Waals surface area contributed by atoms with Crippen LogP contribution in [0, 0.1) is 0 Å². The van der Waals surface area contributed by atoms with Crippen molar-refractivity contribution < 1.29 is 22.7 Å². The molecular formula is C19H16BrF3N2O2S. The molecule has 1 fully saturated rings. The monoisotopic (exact) mass is 472 g/mol. The summed E-state index contributed by atoms with van der Waals surface area (Å²) in [5, 5.41) is 0.384.